The molecular formula is C27H29F3N8O2. The molecule has 13 heteroatoms. The van der Waals surface area contributed by atoms with Gasteiger partial charge in [-0.2, -0.15) is 18.0 Å². The molecule has 0 spiro atoms. The lowest BCUT2D eigenvalue weighted by atomic mass is 10.0. The number of alkyl halides is 3. The third-order valence-corrected chi connectivity index (χ3v) is 6.64. The molecule has 2 aromatic carbocycles. The zero-order chi connectivity index (χ0) is 28.3. The number of aromatic nitrogens is 4. The fraction of sp³-hybridized carbons (Fsp3) is 0.333. The molecule has 40 heavy (non-hydrogen) atoms. The summed E-state index contributed by atoms with van der Waals surface area (Å²) in [5.74, 6) is 0. The molecule has 210 valence electrons. The molecule has 3 N–H and O–H groups in total. The largest absolute Gasteiger partial charge is 0.416 e. The van der Waals surface area contributed by atoms with Crippen LogP contribution in [0.25, 0.3) is 22.3 Å². The molecule has 0 atom stereocenters. The summed E-state index contributed by atoms with van der Waals surface area (Å²) in [5, 5.41) is 10.8. The topological polar surface area (TPSA) is 109 Å². The summed E-state index contributed by atoms with van der Waals surface area (Å²) >= 11 is 0. The highest BCUT2D eigenvalue weighted by Crippen LogP contribution is 2.32. The molecule has 3 heterocycles. The van der Waals surface area contributed by atoms with Gasteiger partial charge in [0, 0.05) is 43.1 Å². The van der Waals surface area contributed by atoms with Crippen molar-refractivity contribution in [3.05, 3.63) is 65.6 Å². The Morgan fingerprint density at radius 1 is 1.05 bits per heavy atom. The first-order chi connectivity index (χ1) is 19.2. The normalized spacial score (nSPS) is 14.3. The molecule has 5 rings (SSSR count). The van der Waals surface area contributed by atoms with Gasteiger partial charge in [0.05, 0.1) is 29.9 Å². The number of fused-ring (bicyclic) bond motifs is 1. The van der Waals surface area contributed by atoms with Crippen LogP contribution in [-0.2, 0) is 10.9 Å². The van der Waals surface area contributed by atoms with Gasteiger partial charge < -0.3 is 20.8 Å². The number of morpholine rings is 1. The Morgan fingerprint density at radius 3 is 2.60 bits per heavy atom. The summed E-state index contributed by atoms with van der Waals surface area (Å²) in [6.45, 7) is 8.49. The van der Waals surface area contributed by atoms with Crippen LogP contribution >= 0.6 is 0 Å². The van der Waals surface area contributed by atoms with Crippen molar-refractivity contribution < 1.29 is 22.7 Å². The quantitative estimate of drug-likeness (QED) is 0.305. The van der Waals surface area contributed by atoms with Gasteiger partial charge in [-0.3, -0.25) is 4.90 Å². The number of urea groups is 1. The number of anilines is 2. The van der Waals surface area contributed by atoms with E-state index in [1.807, 2.05) is 26.0 Å². The van der Waals surface area contributed by atoms with E-state index in [0.29, 0.717) is 23.6 Å². The summed E-state index contributed by atoms with van der Waals surface area (Å²) in [6.07, 6.45) is -3.00. The average Bonchev–Trinajstić information content (AvgIpc) is 3.30. The average molecular weight is 555 g/mol. The molecule has 0 saturated carbocycles. The summed E-state index contributed by atoms with van der Waals surface area (Å²) in [7, 11) is 0. The molecule has 0 radical (unpaired) electrons. The lowest BCUT2D eigenvalue weighted by molar-refractivity contribution is -0.137. The predicted octanol–water partition coefficient (Wildman–Crippen LogP) is 4.65. The van der Waals surface area contributed by atoms with Crippen LogP contribution in [0.5, 0.6) is 0 Å². The number of rotatable bonds is 7. The second-order valence-corrected chi connectivity index (χ2v) is 9.47. The molecule has 0 unspecified atom stereocenters. The molecule has 10 nitrogen and oxygen atoms in total. The number of carbonyl (C=O) groups excluding carboxylic acids is 1. The number of amides is 2. The second-order valence-electron chi connectivity index (χ2n) is 9.47. The first-order valence-corrected chi connectivity index (χ1v) is 12.8. The van der Waals surface area contributed by atoms with E-state index in [9.17, 15) is 18.0 Å². The van der Waals surface area contributed by atoms with Gasteiger partial charge in [0.25, 0.3) is 0 Å². The van der Waals surface area contributed by atoms with Crippen LogP contribution in [0, 0.1) is 13.8 Å². The smallest absolute Gasteiger partial charge is 0.379 e. The number of hydrogen-bond acceptors (Lipinski definition) is 7. The minimum atomic E-state index is -4.50. The van der Waals surface area contributed by atoms with Gasteiger partial charge in [-0.1, -0.05) is 12.1 Å². The summed E-state index contributed by atoms with van der Waals surface area (Å²) in [5.41, 5.74) is 6.72. The van der Waals surface area contributed by atoms with Crippen molar-refractivity contribution in [3.8, 4) is 11.3 Å². The van der Waals surface area contributed by atoms with Crippen molar-refractivity contribution in [1.82, 2.24) is 24.8 Å². The highest BCUT2D eigenvalue weighted by molar-refractivity contribution is 6.01. The molecule has 4 aromatic rings. The van der Waals surface area contributed by atoms with E-state index in [-0.39, 0.29) is 5.69 Å². The Kier molecular flexibility index (Phi) is 7.85. The molecule has 0 bridgehead atoms. The van der Waals surface area contributed by atoms with E-state index in [1.54, 1.807) is 10.9 Å². The van der Waals surface area contributed by atoms with E-state index < -0.39 is 17.8 Å². The van der Waals surface area contributed by atoms with Crippen LogP contribution < -0.4 is 16.1 Å². The van der Waals surface area contributed by atoms with Crippen LogP contribution in [0.15, 0.2) is 48.8 Å². The van der Waals surface area contributed by atoms with Gasteiger partial charge in [0.15, 0.2) is 5.65 Å². The Labute approximate surface area is 228 Å². The van der Waals surface area contributed by atoms with Crippen LogP contribution in [0.4, 0.5) is 29.3 Å². The maximum atomic E-state index is 13.0. The molecule has 2 aromatic heterocycles. The third kappa shape index (κ3) is 6.15. The number of ether oxygens (including phenoxy) is 1. The molecule has 2 amide bonds. The summed E-state index contributed by atoms with van der Waals surface area (Å²) in [4.78, 5) is 25.3. The lowest BCUT2D eigenvalue weighted by Crippen LogP contribution is -2.40. The number of nitrogens with one attached hydrogen (secondary N) is 3. The van der Waals surface area contributed by atoms with Crippen molar-refractivity contribution in [2.45, 2.75) is 20.0 Å². The predicted molar refractivity (Wildman–Crippen MR) is 146 cm³/mol. The minimum absolute atomic E-state index is 0.0372. The van der Waals surface area contributed by atoms with Crippen molar-refractivity contribution in [1.29, 1.82) is 0 Å². The molecule has 1 saturated heterocycles. The Hall–Kier alpha value is -4.23. The number of nitrogens with zero attached hydrogens (tertiary/aromatic N) is 5. The fourth-order valence-electron chi connectivity index (χ4n) is 4.56. The van der Waals surface area contributed by atoms with E-state index in [1.165, 1.54) is 18.5 Å². The highest BCUT2D eigenvalue weighted by atomic mass is 19.4. The van der Waals surface area contributed by atoms with Gasteiger partial charge >= 0.3 is 12.2 Å². The summed E-state index contributed by atoms with van der Waals surface area (Å²) < 4.78 is 44.4. The first-order valence-electron chi connectivity index (χ1n) is 12.8. The highest BCUT2D eigenvalue weighted by Gasteiger charge is 2.30. The number of carbonyl (C=O) groups is 1. The van der Waals surface area contributed by atoms with Crippen molar-refractivity contribution in [3.63, 3.8) is 0 Å². The van der Waals surface area contributed by atoms with E-state index in [4.69, 9.17) is 9.84 Å². The maximum Gasteiger partial charge on any atom is 0.416 e. The second kappa shape index (κ2) is 11.5. The van der Waals surface area contributed by atoms with E-state index >= 15 is 0 Å². The molecule has 1 fully saturated rings. The summed E-state index contributed by atoms with van der Waals surface area (Å²) in [6, 6.07) is 9.24. The number of aryl methyl sites for hydroxylation is 2. The Balaban J connectivity index is 1.32. The monoisotopic (exact) mass is 554 g/mol. The third-order valence-electron chi connectivity index (χ3n) is 6.64. The van der Waals surface area contributed by atoms with Gasteiger partial charge in [0.1, 0.15) is 12.0 Å². The number of halogens is 3. The van der Waals surface area contributed by atoms with Crippen LogP contribution in [0.3, 0.4) is 0 Å². The molecule has 1 aliphatic rings. The van der Waals surface area contributed by atoms with Crippen molar-refractivity contribution in [2.75, 3.05) is 55.5 Å². The van der Waals surface area contributed by atoms with Gasteiger partial charge in [-0.15, -0.1) is 5.10 Å². The number of benzene rings is 2. The molecular weight excluding hydrogens is 525 g/mol. The minimum Gasteiger partial charge on any atom is -0.379 e. The van der Waals surface area contributed by atoms with Crippen LogP contribution in [0.1, 0.15) is 16.8 Å². The Bertz CT molecular complexity index is 1520. The molecule has 1 aliphatic heterocycles. The van der Waals surface area contributed by atoms with Gasteiger partial charge in [-0.25, -0.2) is 14.8 Å². The fourth-order valence-corrected chi connectivity index (χ4v) is 4.56. The SMILES string of the molecule is Cc1cc(-c2nn(NCCN3CCOCC3)c3ncnc(C)c23)ccc1NC(=O)Nc1cccc(C(F)(F)F)c1. The van der Waals surface area contributed by atoms with E-state index in [0.717, 1.165) is 67.2 Å². The van der Waals surface area contributed by atoms with Gasteiger partial charge in [0.2, 0.25) is 0 Å². The van der Waals surface area contributed by atoms with Crippen molar-refractivity contribution in [2.24, 2.45) is 0 Å². The van der Waals surface area contributed by atoms with Gasteiger partial charge in [-0.05, 0) is 49.7 Å². The zero-order valence-electron chi connectivity index (χ0n) is 22.0. The zero-order valence-corrected chi connectivity index (χ0v) is 22.0. The Morgan fingerprint density at radius 2 is 1.85 bits per heavy atom. The standard InChI is InChI=1S/C27H29F3N8O2/c1-17-14-19(6-7-22(17)35-26(39)34-21-5-3-4-20(15-21)27(28,29)30)24-23-18(2)31-16-32-25(23)38(36-24)33-8-9-37-10-12-40-13-11-37/h3-7,14-16,33H,8-13H2,1-2H3,(H2,34,35,39). The van der Waals surface area contributed by atoms with Crippen LogP contribution in [0.2, 0.25) is 0 Å². The van der Waals surface area contributed by atoms with Crippen LogP contribution in [-0.4, -0.2) is 70.2 Å². The molecule has 0 aliphatic carbocycles. The van der Waals surface area contributed by atoms with Crippen molar-refractivity contribution >= 4 is 28.4 Å². The lowest BCUT2D eigenvalue weighted by Gasteiger charge is -2.26. The van der Waals surface area contributed by atoms with E-state index in [2.05, 4.69) is 30.9 Å². The number of hydrogen-bond donors (Lipinski definition) is 3. The maximum absolute atomic E-state index is 13.0. The first kappa shape index (κ1) is 27.3.